The standard InChI is InChI=1S/C12H13BrFNO4/c1-2-17-12(16)10(14)11(15)6-3-8-9(4-7(6)13)19-5-18-8/h3-4,10-11H,2,5,15H2,1H3/t10?,11-/m1/s1. The lowest BCUT2D eigenvalue weighted by molar-refractivity contribution is -0.149. The molecule has 1 aromatic carbocycles. The highest BCUT2D eigenvalue weighted by atomic mass is 79.9. The lowest BCUT2D eigenvalue weighted by Crippen LogP contribution is -2.31. The summed E-state index contributed by atoms with van der Waals surface area (Å²) in [5, 5.41) is 0. The van der Waals surface area contributed by atoms with Crippen LogP contribution in [-0.2, 0) is 9.53 Å². The molecule has 0 aromatic heterocycles. The molecule has 0 amide bonds. The maximum Gasteiger partial charge on any atom is 0.342 e. The van der Waals surface area contributed by atoms with E-state index < -0.39 is 18.2 Å². The monoisotopic (exact) mass is 333 g/mol. The zero-order valence-corrected chi connectivity index (χ0v) is 11.8. The highest BCUT2D eigenvalue weighted by Gasteiger charge is 2.30. The van der Waals surface area contributed by atoms with Crippen molar-refractivity contribution < 1.29 is 23.4 Å². The Kier molecular flexibility index (Phi) is 4.26. The first-order valence-corrected chi connectivity index (χ1v) is 6.49. The number of halogens is 2. The number of esters is 1. The van der Waals surface area contributed by atoms with E-state index in [1.165, 1.54) is 0 Å². The van der Waals surface area contributed by atoms with Gasteiger partial charge < -0.3 is 19.9 Å². The van der Waals surface area contributed by atoms with E-state index in [1.54, 1.807) is 19.1 Å². The van der Waals surface area contributed by atoms with Crippen molar-refractivity contribution >= 4 is 21.9 Å². The van der Waals surface area contributed by atoms with Crippen LogP contribution in [0.4, 0.5) is 4.39 Å². The second kappa shape index (κ2) is 5.75. The summed E-state index contributed by atoms with van der Waals surface area (Å²) in [5.74, 6) is 0.0543. The number of hydrogen-bond donors (Lipinski definition) is 1. The first-order chi connectivity index (χ1) is 9.04. The van der Waals surface area contributed by atoms with Crippen molar-refractivity contribution in [2.75, 3.05) is 13.4 Å². The van der Waals surface area contributed by atoms with Crippen LogP contribution in [0.15, 0.2) is 16.6 Å². The largest absolute Gasteiger partial charge is 0.464 e. The van der Waals surface area contributed by atoms with Crippen LogP contribution in [0.3, 0.4) is 0 Å². The van der Waals surface area contributed by atoms with Crippen LogP contribution in [0.5, 0.6) is 11.5 Å². The number of nitrogens with two attached hydrogens (primary N) is 1. The van der Waals surface area contributed by atoms with E-state index in [2.05, 4.69) is 20.7 Å². The van der Waals surface area contributed by atoms with Crippen molar-refractivity contribution in [1.82, 2.24) is 0 Å². The summed E-state index contributed by atoms with van der Waals surface area (Å²) >= 11 is 3.27. The van der Waals surface area contributed by atoms with Crippen molar-refractivity contribution in [2.24, 2.45) is 5.73 Å². The van der Waals surface area contributed by atoms with Crippen LogP contribution in [-0.4, -0.2) is 25.5 Å². The maximum atomic E-state index is 13.9. The van der Waals surface area contributed by atoms with Crippen molar-refractivity contribution in [3.05, 3.63) is 22.2 Å². The molecule has 1 aliphatic heterocycles. The zero-order valence-electron chi connectivity index (χ0n) is 10.2. The van der Waals surface area contributed by atoms with Gasteiger partial charge in [-0.05, 0) is 24.6 Å². The van der Waals surface area contributed by atoms with Gasteiger partial charge in [-0.15, -0.1) is 0 Å². The number of benzene rings is 1. The molecule has 1 unspecified atom stereocenters. The molecule has 0 spiro atoms. The van der Waals surface area contributed by atoms with Crippen LogP contribution in [0.1, 0.15) is 18.5 Å². The maximum absolute atomic E-state index is 13.9. The van der Waals surface area contributed by atoms with E-state index in [-0.39, 0.29) is 13.4 Å². The number of carbonyl (C=O) groups is 1. The summed E-state index contributed by atoms with van der Waals surface area (Å²) in [5.41, 5.74) is 6.18. The molecule has 2 atom stereocenters. The molecular weight excluding hydrogens is 321 g/mol. The Hall–Kier alpha value is -1.34. The highest BCUT2D eigenvalue weighted by Crippen LogP contribution is 2.39. The third kappa shape index (κ3) is 2.82. The second-order valence-corrected chi connectivity index (χ2v) is 4.76. The SMILES string of the molecule is CCOC(=O)C(F)[C@H](N)c1cc2c(cc1Br)OCO2. The average molecular weight is 334 g/mol. The molecule has 2 N–H and O–H groups in total. The van der Waals surface area contributed by atoms with Crippen molar-refractivity contribution in [3.8, 4) is 11.5 Å². The van der Waals surface area contributed by atoms with Gasteiger partial charge in [0.1, 0.15) is 0 Å². The van der Waals surface area contributed by atoms with Crippen molar-refractivity contribution in [3.63, 3.8) is 0 Å². The van der Waals surface area contributed by atoms with E-state index in [1.807, 2.05) is 0 Å². The molecular formula is C12H13BrFNO4. The number of alkyl halides is 1. The van der Waals surface area contributed by atoms with E-state index in [9.17, 15) is 9.18 Å². The van der Waals surface area contributed by atoms with Crippen LogP contribution in [0, 0.1) is 0 Å². The Morgan fingerprint density at radius 1 is 1.53 bits per heavy atom. The summed E-state index contributed by atoms with van der Waals surface area (Å²) in [7, 11) is 0. The fourth-order valence-corrected chi connectivity index (χ4v) is 2.30. The minimum Gasteiger partial charge on any atom is -0.464 e. The summed E-state index contributed by atoms with van der Waals surface area (Å²) in [6.45, 7) is 1.82. The Labute approximate surface area is 117 Å². The second-order valence-electron chi connectivity index (χ2n) is 3.91. The van der Waals surface area contributed by atoms with Gasteiger partial charge in [0.25, 0.3) is 0 Å². The Morgan fingerprint density at radius 3 is 2.79 bits per heavy atom. The number of carbonyl (C=O) groups excluding carboxylic acids is 1. The molecule has 5 nitrogen and oxygen atoms in total. The molecule has 104 valence electrons. The van der Waals surface area contributed by atoms with Crippen LogP contribution >= 0.6 is 15.9 Å². The smallest absolute Gasteiger partial charge is 0.342 e. The van der Waals surface area contributed by atoms with E-state index in [4.69, 9.17) is 15.2 Å². The summed E-state index contributed by atoms with van der Waals surface area (Å²) in [6, 6.07) is 2.06. The first-order valence-electron chi connectivity index (χ1n) is 5.70. The third-order valence-electron chi connectivity index (χ3n) is 2.68. The van der Waals surface area contributed by atoms with Crippen molar-refractivity contribution in [1.29, 1.82) is 0 Å². The molecule has 7 heteroatoms. The summed E-state index contributed by atoms with van der Waals surface area (Å²) in [6.07, 6.45) is -1.93. The minimum atomic E-state index is -1.93. The molecule has 0 bridgehead atoms. The third-order valence-corrected chi connectivity index (χ3v) is 3.36. The molecule has 19 heavy (non-hydrogen) atoms. The predicted molar refractivity (Wildman–Crippen MR) is 68.7 cm³/mol. The van der Waals surface area contributed by atoms with E-state index in [0.717, 1.165) is 0 Å². The van der Waals surface area contributed by atoms with Gasteiger partial charge in [-0.25, -0.2) is 9.18 Å². The average Bonchev–Trinajstić information content (AvgIpc) is 2.83. The first kappa shape index (κ1) is 14.1. The normalized spacial score (nSPS) is 16.0. The van der Waals surface area contributed by atoms with Gasteiger partial charge >= 0.3 is 5.97 Å². The van der Waals surface area contributed by atoms with Crippen LogP contribution in [0.25, 0.3) is 0 Å². The molecule has 0 radical (unpaired) electrons. The number of ether oxygens (including phenoxy) is 3. The van der Waals surface area contributed by atoms with E-state index >= 15 is 0 Å². The molecule has 0 aliphatic carbocycles. The Balaban J connectivity index is 2.24. The van der Waals surface area contributed by atoms with Gasteiger partial charge in [-0.1, -0.05) is 15.9 Å². The predicted octanol–water partition coefficient (Wildman–Crippen LogP) is 2.08. The molecule has 0 saturated carbocycles. The number of hydrogen-bond acceptors (Lipinski definition) is 5. The topological polar surface area (TPSA) is 70.8 Å². The highest BCUT2D eigenvalue weighted by molar-refractivity contribution is 9.10. The molecule has 1 heterocycles. The number of rotatable bonds is 4. The van der Waals surface area contributed by atoms with Crippen LogP contribution < -0.4 is 15.2 Å². The number of fused-ring (bicyclic) bond motifs is 1. The van der Waals surface area contributed by atoms with Gasteiger partial charge in [0.2, 0.25) is 13.0 Å². The van der Waals surface area contributed by atoms with Gasteiger partial charge in [-0.2, -0.15) is 0 Å². The fraction of sp³-hybridized carbons (Fsp3) is 0.417. The fourth-order valence-electron chi connectivity index (χ4n) is 1.71. The Bertz CT molecular complexity index is 497. The van der Waals surface area contributed by atoms with Gasteiger partial charge in [-0.3, -0.25) is 0 Å². The molecule has 0 fully saturated rings. The summed E-state index contributed by atoms with van der Waals surface area (Å²) < 4.78 is 29.4. The molecule has 1 aromatic rings. The lowest BCUT2D eigenvalue weighted by atomic mass is 10.0. The van der Waals surface area contributed by atoms with Gasteiger partial charge in [0.05, 0.1) is 12.6 Å². The van der Waals surface area contributed by atoms with E-state index in [0.29, 0.717) is 21.5 Å². The molecule has 2 rings (SSSR count). The van der Waals surface area contributed by atoms with Crippen molar-refractivity contribution in [2.45, 2.75) is 19.1 Å². The molecule has 0 saturated heterocycles. The summed E-state index contributed by atoms with van der Waals surface area (Å²) in [4.78, 5) is 11.4. The van der Waals surface area contributed by atoms with Gasteiger partial charge in [0, 0.05) is 4.47 Å². The van der Waals surface area contributed by atoms with Gasteiger partial charge in [0.15, 0.2) is 11.5 Å². The minimum absolute atomic E-state index is 0.105. The Morgan fingerprint density at radius 2 is 2.16 bits per heavy atom. The zero-order chi connectivity index (χ0) is 14.0. The lowest BCUT2D eigenvalue weighted by Gasteiger charge is -2.17. The van der Waals surface area contributed by atoms with Crippen LogP contribution in [0.2, 0.25) is 0 Å². The molecule has 1 aliphatic rings. The quantitative estimate of drug-likeness (QED) is 0.854.